The fourth-order valence-electron chi connectivity index (χ4n) is 2.10. The molecule has 2 heterocycles. The summed E-state index contributed by atoms with van der Waals surface area (Å²) < 4.78 is 16.3. The normalized spacial score (nSPS) is 19.5. The lowest BCUT2D eigenvalue weighted by atomic mass is 10.1. The first-order chi connectivity index (χ1) is 10.1. The van der Waals surface area contributed by atoms with E-state index in [0.29, 0.717) is 30.6 Å². The molecule has 3 rings (SSSR count). The van der Waals surface area contributed by atoms with Crippen molar-refractivity contribution in [2.45, 2.75) is 20.3 Å². The summed E-state index contributed by atoms with van der Waals surface area (Å²) >= 11 is 0. The van der Waals surface area contributed by atoms with Crippen LogP contribution in [0.25, 0.3) is 6.08 Å². The van der Waals surface area contributed by atoms with Crippen LogP contribution < -0.4 is 9.47 Å². The second kappa shape index (κ2) is 5.60. The van der Waals surface area contributed by atoms with E-state index in [1.165, 1.54) is 0 Å². The van der Waals surface area contributed by atoms with Crippen LogP contribution in [0.3, 0.4) is 0 Å². The fraction of sp³-hybridized carbons (Fsp3) is 0.375. The first-order valence-electron chi connectivity index (χ1n) is 7.05. The zero-order chi connectivity index (χ0) is 14.8. The molecule has 2 aliphatic rings. The van der Waals surface area contributed by atoms with Crippen molar-refractivity contribution in [2.75, 3.05) is 13.2 Å². The molecule has 0 radical (unpaired) electrons. The Labute approximate surface area is 123 Å². The Morgan fingerprint density at radius 1 is 1.19 bits per heavy atom. The number of esters is 1. The highest BCUT2D eigenvalue weighted by atomic mass is 16.6. The van der Waals surface area contributed by atoms with Gasteiger partial charge in [-0.25, -0.2) is 9.79 Å². The van der Waals surface area contributed by atoms with Gasteiger partial charge < -0.3 is 14.2 Å². The van der Waals surface area contributed by atoms with Gasteiger partial charge in [0, 0.05) is 12.3 Å². The van der Waals surface area contributed by atoms with Crippen LogP contribution in [-0.4, -0.2) is 25.1 Å². The van der Waals surface area contributed by atoms with E-state index in [1.807, 2.05) is 32.0 Å². The number of rotatable bonds is 2. The Hall–Kier alpha value is -2.30. The van der Waals surface area contributed by atoms with Gasteiger partial charge in [0.25, 0.3) is 0 Å². The van der Waals surface area contributed by atoms with Crippen molar-refractivity contribution in [3.8, 4) is 11.5 Å². The number of nitrogens with zero attached hydrogens (tertiary/aromatic N) is 1. The predicted molar refractivity (Wildman–Crippen MR) is 78.4 cm³/mol. The van der Waals surface area contributed by atoms with Crippen molar-refractivity contribution in [3.05, 3.63) is 29.5 Å². The van der Waals surface area contributed by atoms with Crippen LogP contribution in [0.15, 0.2) is 28.9 Å². The zero-order valence-electron chi connectivity index (χ0n) is 12.1. The van der Waals surface area contributed by atoms with Gasteiger partial charge in [-0.3, -0.25) is 0 Å². The summed E-state index contributed by atoms with van der Waals surface area (Å²) in [7, 11) is 0. The highest BCUT2D eigenvalue weighted by Crippen LogP contribution is 2.31. The molecule has 0 bridgehead atoms. The summed E-state index contributed by atoms with van der Waals surface area (Å²) in [4.78, 5) is 16.0. The smallest absolute Gasteiger partial charge is 0.363 e. The van der Waals surface area contributed by atoms with E-state index in [4.69, 9.17) is 14.2 Å². The maximum Gasteiger partial charge on any atom is 0.363 e. The van der Waals surface area contributed by atoms with Crippen LogP contribution in [0.1, 0.15) is 25.8 Å². The molecule has 5 nitrogen and oxygen atoms in total. The number of hydrogen-bond acceptors (Lipinski definition) is 5. The first kappa shape index (κ1) is 13.7. The van der Waals surface area contributed by atoms with Crippen LogP contribution in [0.2, 0.25) is 0 Å². The molecule has 5 heteroatoms. The topological polar surface area (TPSA) is 57.1 Å². The van der Waals surface area contributed by atoms with E-state index in [2.05, 4.69) is 4.99 Å². The van der Waals surface area contributed by atoms with Gasteiger partial charge in [0.05, 0.1) is 13.2 Å². The average molecular weight is 287 g/mol. The Balaban J connectivity index is 1.89. The van der Waals surface area contributed by atoms with Gasteiger partial charge in [-0.05, 0) is 23.8 Å². The molecule has 1 aromatic carbocycles. The number of cyclic esters (lactones) is 1. The maximum absolute atomic E-state index is 11.8. The molecule has 2 aliphatic heterocycles. The van der Waals surface area contributed by atoms with Crippen molar-refractivity contribution in [2.24, 2.45) is 10.9 Å². The lowest BCUT2D eigenvalue weighted by Gasteiger charge is -2.07. The molecule has 1 aromatic rings. The number of hydrogen-bond donors (Lipinski definition) is 0. The van der Waals surface area contributed by atoms with E-state index in [0.717, 1.165) is 17.7 Å². The lowest BCUT2D eigenvalue weighted by Crippen LogP contribution is -2.09. The summed E-state index contributed by atoms with van der Waals surface area (Å²) in [6.07, 6.45) is 2.56. The first-order valence-corrected chi connectivity index (χ1v) is 7.05. The monoisotopic (exact) mass is 287 g/mol. The van der Waals surface area contributed by atoms with Crippen LogP contribution in [0.4, 0.5) is 0 Å². The molecule has 0 amide bonds. The average Bonchev–Trinajstić information content (AvgIpc) is 2.69. The van der Waals surface area contributed by atoms with E-state index in [9.17, 15) is 4.79 Å². The second-order valence-corrected chi connectivity index (χ2v) is 5.28. The van der Waals surface area contributed by atoms with E-state index in [-0.39, 0.29) is 5.92 Å². The summed E-state index contributed by atoms with van der Waals surface area (Å²) in [5.74, 6) is 1.56. The van der Waals surface area contributed by atoms with Crippen molar-refractivity contribution >= 4 is 17.9 Å². The Kier molecular flexibility index (Phi) is 3.64. The third-order valence-electron chi connectivity index (χ3n) is 3.21. The zero-order valence-corrected chi connectivity index (χ0v) is 12.1. The molecular weight excluding hydrogens is 270 g/mol. The minimum Gasteiger partial charge on any atom is -0.490 e. The van der Waals surface area contributed by atoms with Crippen LogP contribution in [0, 0.1) is 5.92 Å². The van der Waals surface area contributed by atoms with Gasteiger partial charge in [-0.15, -0.1) is 0 Å². The Bertz CT molecular complexity index is 631. The summed E-state index contributed by atoms with van der Waals surface area (Å²) in [6.45, 7) is 5.15. The molecule has 0 atom stereocenters. The van der Waals surface area contributed by atoms with E-state index in [1.54, 1.807) is 6.08 Å². The second-order valence-electron chi connectivity index (χ2n) is 5.28. The third-order valence-corrected chi connectivity index (χ3v) is 3.21. The number of carbonyl (C=O) groups is 1. The molecule has 0 N–H and O–H groups in total. The Morgan fingerprint density at radius 3 is 2.67 bits per heavy atom. The molecular formula is C16H17NO4. The largest absolute Gasteiger partial charge is 0.490 e. The molecule has 0 saturated carbocycles. The highest BCUT2D eigenvalue weighted by molar-refractivity contribution is 6.07. The highest BCUT2D eigenvalue weighted by Gasteiger charge is 2.24. The van der Waals surface area contributed by atoms with Crippen molar-refractivity contribution < 1.29 is 19.0 Å². The molecule has 21 heavy (non-hydrogen) atoms. The molecule has 110 valence electrons. The maximum atomic E-state index is 11.8. The summed E-state index contributed by atoms with van der Waals surface area (Å²) in [6, 6.07) is 5.57. The van der Waals surface area contributed by atoms with Crippen molar-refractivity contribution in [1.29, 1.82) is 0 Å². The molecule has 0 aliphatic carbocycles. The van der Waals surface area contributed by atoms with E-state index < -0.39 is 5.97 Å². The number of carbonyl (C=O) groups excluding carboxylic acids is 1. The molecule has 0 unspecified atom stereocenters. The minimum atomic E-state index is -0.411. The van der Waals surface area contributed by atoms with E-state index >= 15 is 0 Å². The lowest BCUT2D eigenvalue weighted by molar-refractivity contribution is -0.130. The van der Waals surface area contributed by atoms with Crippen LogP contribution >= 0.6 is 0 Å². The molecule has 0 aromatic heterocycles. The number of benzene rings is 1. The number of ether oxygens (including phenoxy) is 3. The standard InChI is InChI=1S/C16H17NO4/c1-10(2)15-17-12(16(18)21-15)8-11-4-5-13-14(9-11)20-7-3-6-19-13/h4-5,8-10H,3,6-7H2,1-2H3/b12-8+. The number of aliphatic imine (C=N–C) groups is 1. The molecule has 0 saturated heterocycles. The summed E-state index contributed by atoms with van der Waals surface area (Å²) in [5.41, 5.74) is 1.15. The molecule has 0 spiro atoms. The van der Waals surface area contributed by atoms with Gasteiger partial charge in [0.2, 0.25) is 5.90 Å². The van der Waals surface area contributed by atoms with Gasteiger partial charge in [0.1, 0.15) is 0 Å². The minimum absolute atomic E-state index is 0.0867. The SMILES string of the molecule is CC(C)C1=N/C(=C/c2ccc3c(c2)OCCCO3)C(=O)O1. The molecule has 0 fully saturated rings. The quantitative estimate of drug-likeness (QED) is 0.620. The number of fused-ring (bicyclic) bond motifs is 1. The van der Waals surface area contributed by atoms with Gasteiger partial charge in [-0.2, -0.15) is 0 Å². The van der Waals surface area contributed by atoms with Gasteiger partial charge >= 0.3 is 5.97 Å². The van der Waals surface area contributed by atoms with Gasteiger partial charge in [-0.1, -0.05) is 19.9 Å². The Morgan fingerprint density at radius 2 is 1.95 bits per heavy atom. The predicted octanol–water partition coefficient (Wildman–Crippen LogP) is 2.80. The van der Waals surface area contributed by atoms with Crippen molar-refractivity contribution in [1.82, 2.24) is 0 Å². The van der Waals surface area contributed by atoms with Crippen molar-refractivity contribution in [3.63, 3.8) is 0 Å². The summed E-state index contributed by atoms with van der Waals surface area (Å²) in [5, 5.41) is 0. The van der Waals surface area contributed by atoms with Gasteiger partial charge in [0.15, 0.2) is 17.2 Å². The van der Waals surface area contributed by atoms with Crippen LogP contribution in [0.5, 0.6) is 11.5 Å². The third kappa shape index (κ3) is 2.91. The van der Waals surface area contributed by atoms with Crippen LogP contribution in [-0.2, 0) is 9.53 Å². The fourth-order valence-corrected chi connectivity index (χ4v) is 2.10.